The molecule has 3 atom stereocenters. The number of carboxylic acid groups (broad SMARTS) is 1. The van der Waals surface area contributed by atoms with E-state index in [4.69, 9.17) is 14.3 Å². The van der Waals surface area contributed by atoms with Crippen LogP contribution in [0.5, 0.6) is 0 Å². The quantitative estimate of drug-likeness (QED) is 0.856. The van der Waals surface area contributed by atoms with Crippen molar-refractivity contribution in [1.29, 1.82) is 0 Å². The molecule has 2 saturated heterocycles. The van der Waals surface area contributed by atoms with Crippen LogP contribution in [0.15, 0.2) is 16.7 Å². The first kappa shape index (κ1) is 12.2. The molecule has 6 nitrogen and oxygen atoms in total. The van der Waals surface area contributed by atoms with Crippen molar-refractivity contribution in [3.63, 3.8) is 0 Å². The zero-order valence-electron chi connectivity index (χ0n) is 10.3. The topological polar surface area (TPSA) is 88.8 Å². The second-order valence-electron chi connectivity index (χ2n) is 5.08. The van der Waals surface area contributed by atoms with Crippen LogP contribution in [0, 0.1) is 5.92 Å². The number of hydrogen-bond acceptors (Lipinski definition) is 4. The number of rotatable bonds is 4. The number of carbonyl (C=O) groups excluding carboxylic acids is 1. The number of carbonyl (C=O) groups is 2. The van der Waals surface area contributed by atoms with E-state index in [0.717, 1.165) is 25.5 Å². The predicted octanol–water partition coefficient (Wildman–Crippen LogP) is 1.28. The van der Waals surface area contributed by atoms with Gasteiger partial charge in [-0.2, -0.15) is 0 Å². The molecular formula is C13H15NO5. The van der Waals surface area contributed by atoms with Crippen molar-refractivity contribution in [3.8, 4) is 0 Å². The first-order chi connectivity index (χ1) is 9.13. The molecule has 2 fully saturated rings. The highest BCUT2D eigenvalue weighted by Crippen LogP contribution is 2.38. The fraction of sp³-hybridized carbons (Fsp3) is 0.538. The van der Waals surface area contributed by atoms with Crippen molar-refractivity contribution in [1.82, 2.24) is 5.32 Å². The maximum atomic E-state index is 11.8. The van der Waals surface area contributed by atoms with Gasteiger partial charge in [-0.05, 0) is 19.3 Å². The van der Waals surface area contributed by atoms with E-state index >= 15 is 0 Å². The van der Waals surface area contributed by atoms with Gasteiger partial charge in [0.25, 0.3) is 5.91 Å². The molecule has 2 aliphatic heterocycles. The van der Waals surface area contributed by atoms with Crippen LogP contribution in [0.3, 0.4) is 0 Å². The van der Waals surface area contributed by atoms with E-state index in [1.807, 2.05) is 0 Å². The Balaban J connectivity index is 1.54. The minimum Gasteiger partial charge on any atom is -0.478 e. The summed E-state index contributed by atoms with van der Waals surface area (Å²) in [6.07, 6.45) is 4.86. The van der Waals surface area contributed by atoms with E-state index in [2.05, 4.69) is 5.32 Å². The maximum Gasteiger partial charge on any atom is 0.338 e. The largest absolute Gasteiger partial charge is 0.478 e. The van der Waals surface area contributed by atoms with E-state index in [9.17, 15) is 9.59 Å². The van der Waals surface area contributed by atoms with Crippen LogP contribution in [0.1, 0.15) is 40.2 Å². The number of amides is 1. The monoisotopic (exact) mass is 265 g/mol. The molecular weight excluding hydrogens is 250 g/mol. The third kappa shape index (κ3) is 2.35. The zero-order valence-corrected chi connectivity index (χ0v) is 10.3. The van der Waals surface area contributed by atoms with Crippen LogP contribution < -0.4 is 5.32 Å². The fourth-order valence-corrected chi connectivity index (χ4v) is 2.84. The number of fused-ring (bicyclic) bond motifs is 2. The van der Waals surface area contributed by atoms with Crippen molar-refractivity contribution in [3.05, 3.63) is 23.7 Å². The number of hydrogen-bond donors (Lipinski definition) is 2. The van der Waals surface area contributed by atoms with Crippen molar-refractivity contribution >= 4 is 11.9 Å². The van der Waals surface area contributed by atoms with Gasteiger partial charge in [0.05, 0.1) is 17.8 Å². The van der Waals surface area contributed by atoms with Crippen molar-refractivity contribution in [2.75, 3.05) is 6.54 Å². The molecule has 2 N–H and O–H groups in total. The van der Waals surface area contributed by atoms with Crippen LogP contribution in [0.2, 0.25) is 0 Å². The lowest BCUT2D eigenvalue weighted by Gasteiger charge is -2.18. The van der Waals surface area contributed by atoms with E-state index in [0.29, 0.717) is 18.6 Å². The van der Waals surface area contributed by atoms with Crippen LogP contribution in [0.25, 0.3) is 0 Å². The average molecular weight is 265 g/mol. The Kier molecular flexibility index (Phi) is 3.02. The Bertz CT molecular complexity index is 509. The molecule has 3 unspecified atom stereocenters. The third-order valence-electron chi connectivity index (χ3n) is 3.83. The third-order valence-corrected chi connectivity index (χ3v) is 3.83. The second kappa shape index (κ2) is 4.70. The predicted molar refractivity (Wildman–Crippen MR) is 64.0 cm³/mol. The van der Waals surface area contributed by atoms with Gasteiger partial charge in [-0.1, -0.05) is 0 Å². The molecule has 6 heteroatoms. The summed E-state index contributed by atoms with van der Waals surface area (Å²) in [7, 11) is 0. The van der Waals surface area contributed by atoms with E-state index in [-0.39, 0.29) is 23.3 Å². The number of ether oxygens (including phenoxy) is 1. The van der Waals surface area contributed by atoms with Crippen molar-refractivity contribution in [2.24, 2.45) is 5.92 Å². The lowest BCUT2D eigenvalue weighted by Crippen LogP contribution is -2.33. The highest BCUT2D eigenvalue weighted by molar-refractivity contribution is 5.95. The molecule has 0 spiro atoms. The summed E-state index contributed by atoms with van der Waals surface area (Å²) in [6, 6.07) is 1.23. The fourth-order valence-electron chi connectivity index (χ4n) is 2.84. The van der Waals surface area contributed by atoms with Gasteiger partial charge in [0, 0.05) is 18.5 Å². The number of aromatic carboxylic acids is 1. The lowest BCUT2D eigenvalue weighted by molar-refractivity contribution is 0.0695. The SMILES string of the molecule is O=C(O)c1coc(C(=O)NCC2CC3CCC2O3)c1. The minimum absolute atomic E-state index is 0.0200. The molecule has 102 valence electrons. The van der Waals surface area contributed by atoms with E-state index in [1.165, 1.54) is 6.07 Å². The summed E-state index contributed by atoms with van der Waals surface area (Å²) in [4.78, 5) is 22.5. The van der Waals surface area contributed by atoms with Crippen LogP contribution in [-0.2, 0) is 4.74 Å². The Labute approximate surface area is 109 Å². The zero-order chi connectivity index (χ0) is 13.4. The number of furan rings is 1. The summed E-state index contributed by atoms with van der Waals surface area (Å²) in [6.45, 7) is 0.545. The molecule has 0 aliphatic carbocycles. The van der Waals surface area contributed by atoms with Crippen molar-refractivity contribution in [2.45, 2.75) is 31.5 Å². The van der Waals surface area contributed by atoms with Crippen molar-refractivity contribution < 1.29 is 23.8 Å². The van der Waals surface area contributed by atoms with Crippen LogP contribution in [0.4, 0.5) is 0 Å². The molecule has 1 aromatic heterocycles. The first-order valence-corrected chi connectivity index (χ1v) is 6.39. The first-order valence-electron chi connectivity index (χ1n) is 6.39. The highest BCUT2D eigenvalue weighted by Gasteiger charge is 2.40. The molecule has 1 amide bonds. The Morgan fingerprint density at radius 3 is 2.84 bits per heavy atom. The van der Waals surface area contributed by atoms with Gasteiger partial charge < -0.3 is 19.6 Å². The molecule has 2 aliphatic rings. The minimum atomic E-state index is -1.11. The van der Waals surface area contributed by atoms with E-state index < -0.39 is 5.97 Å². The summed E-state index contributed by atoms with van der Waals surface area (Å²) >= 11 is 0. The average Bonchev–Trinajstić information content (AvgIpc) is 3.10. The summed E-state index contributed by atoms with van der Waals surface area (Å²) in [5.41, 5.74) is -0.0200. The maximum absolute atomic E-state index is 11.8. The molecule has 3 heterocycles. The summed E-state index contributed by atoms with van der Waals surface area (Å²) in [5.74, 6) is -1.10. The van der Waals surface area contributed by atoms with E-state index in [1.54, 1.807) is 0 Å². The van der Waals surface area contributed by atoms with Gasteiger partial charge >= 0.3 is 5.97 Å². The number of carboxylic acids is 1. The Morgan fingerprint density at radius 1 is 1.42 bits per heavy atom. The smallest absolute Gasteiger partial charge is 0.338 e. The van der Waals surface area contributed by atoms with Gasteiger partial charge in [0.15, 0.2) is 5.76 Å². The van der Waals surface area contributed by atoms with Gasteiger partial charge in [-0.3, -0.25) is 4.79 Å². The second-order valence-corrected chi connectivity index (χ2v) is 5.08. The van der Waals surface area contributed by atoms with Gasteiger partial charge in [0.2, 0.25) is 0 Å². The summed E-state index contributed by atoms with van der Waals surface area (Å²) < 4.78 is 10.6. The molecule has 19 heavy (non-hydrogen) atoms. The van der Waals surface area contributed by atoms with Gasteiger partial charge in [-0.25, -0.2) is 4.79 Å². The lowest BCUT2D eigenvalue weighted by atomic mass is 9.89. The van der Waals surface area contributed by atoms with Gasteiger partial charge in [0.1, 0.15) is 6.26 Å². The summed E-state index contributed by atoms with van der Waals surface area (Å²) in [5, 5.41) is 11.5. The van der Waals surface area contributed by atoms with Gasteiger partial charge in [-0.15, -0.1) is 0 Å². The molecule has 0 saturated carbocycles. The molecule has 0 radical (unpaired) electrons. The standard InChI is InChI=1S/C13H15NO5/c15-12(11-4-8(6-18-11)13(16)17)14-5-7-3-9-1-2-10(7)19-9/h4,6-7,9-10H,1-3,5H2,(H,14,15)(H,16,17). The highest BCUT2D eigenvalue weighted by atomic mass is 16.5. The van der Waals surface area contributed by atoms with Crippen LogP contribution in [-0.4, -0.2) is 35.7 Å². The molecule has 2 bridgehead atoms. The Hall–Kier alpha value is -1.82. The number of nitrogens with one attached hydrogen (secondary N) is 1. The molecule has 0 aromatic carbocycles. The Morgan fingerprint density at radius 2 is 2.26 bits per heavy atom. The molecule has 3 rings (SSSR count). The molecule has 1 aromatic rings. The normalized spacial score (nSPS) is 28.5. The van der Waals surface area contributed by atoms with Crippen LogP contribution >= 0.6 is 0 Å².